The van der Waals surface area contributed by atoms with E-state index in [-0.39, 0.29) is 17.0 Å². The minimum absolute atomic E-state index is 0.00289. The molecule has 0 aliphatic carbocycles. The Balaban J connectivity index is 2.68. The van der Waals surface area contributed by atoms with Crippen LogP contribution in [0.25, 0.3) is 11.1 Å². The maximum atomic E-state index is 13.6. The van der Waals surface area contributed by atoms with Gasteiger partial charge in [-0.25, -0.2) is 4.39 Å². The largest absolute Gasteiger partial charge is 0.447 e. The molecule has 1 aromatic carbocycles. The van der Waals surface area contributed by atoms with E-state index in [2.05, 4.69) is 15.9 Å². The number of rotatable bonds is 1. The molecule has 2 aromatic rings. The topological polar surface area (TPSA) is 63.0 Å². The first-order valence-electron chi connectivity index (χ1n) is 4.36. The quantitative estimate of drug-likeness (QED) is 0.872. The molecule has 2 rings (SSSR count). The van der Waals surface area contributed by atoms with Gasteiger partial charge in [-0.3, -0.25) is 0 Å². The molecule has 0 atom stereocenters. The van der Waals surface area contributed by atoms with E-state index in [9.17, 15) is 4.39 Å². The molecule has 1 aromatic heterocycles. The predicted molar refractivity (Wildman–Crippen MR) is 60.9 cm³/mol. The Morgan fingerprint density at radius 2 is 2.12 bits per heavy atom. The summed E-state index contributed by atoms with van der Waals surface area (Å²) < 4.78 is 19.2. The fourth-order valence-electron chi connectivity index (χ4n) is 1.39. The number of nitriles is 1. The van der Waals surface area contributed by atoms with Crippen molar-refractivity contribution in [1.82, 2.24) is 0 Å². The number of nitrogens with zero attached hydrogens (tertiary/aromatic N) is 1. The Morgan fingerprint density at radius 3 is 2.81 bits per heavy atom. The standard InChI is InChI=1S/C11H6BrFN2O/c12-6-1-2-10(13)7(3-6)9-5-16-11(15)8(9)4-14/h1-3,5H,15H2. The van der Waals surface area contributed by atoms with Crippen molar-refractivity contribution in [2.75, 3.05) is 5.73 Å². The molecule has 0 aliphatic heterocycles. The zero-order valence-electron chi connectivity index (χ0n) is 8.00. The molecule has 0 fully saturated rings. The van der Waals surface area contributed by atoms with Crippen LogP contribution in [0.5, 0.6) is 0 Å². The van der Waals surface area contributed by atoms with Crippen LogP contribution in [-0.2, 0) is 0 Å². The second-order valence-corrected chi connectivity index (χ2v) is 4.04. The third kappa shape index (κ3) is 1.68. The van der Waals surface area contributed by atoms with Crippen LogP contribution in [0.4, 0.5) is 10.3 Å². The van der Waals surface area contributed by atoms with Crippen molar-refractivity contribution in [2.24, 2.45) is 0 Å². The summed E-state index contributed by atoms with van der Waals surface area (Å²) >= 11 is 3.24. The van der Waals surface area contributed by atoms with Crippen molar-refractivity contribution in [3.8, 4) is 17.2 Å². The van der Waals surface area contributed by atoms with E-state index in [1.807, 2.05) is 6.07 Å². The molecular formula is C11H6BrFN2O. The highest BCUT2D eigenvalue weighted by atomic mass is 79.9. The first kappa shape index (κ1) is 10.7. The molecule has 2 N–H and O–H groups in total. The van der Waals surface area contributed by atoms with Gasteiger partial charge in [0.2, 0.25) is 5.88 Å². The molecule has 80 valence electrons. The van der Waals surface area contributed by atoms with Crippen molar-refractivity contribution in [1.29, 1.82) is 5.26 Å². The van der Waals surface area contributed by atoms with Crippen LogP contribution in [0, 0.1) is 17.1 Å². The molecule has 5 heteroatoms. The lowest BCUT2D eigenvalue weighted by atomic mass is 10.0. The van der Waals surface area contributed by atoms with Gasteiger partial charge in [0.05, 0.1) is 0 Å². The van der Waals surface area contributed by atoms with Crippen molar-refractivity contribution in [3.05, 3.63) is 40.3 Å². The Bertz CT molecular complexity index is 586. The third-order valence-electron chi connectivity index (χ3n) is 2.15. The van der Waals surface area contributed by atoms with E-state index in [0.29, 0.717) is 10.0 Å². The summed E-state index contributed by atoms with van der Waals surface area (Å²) in [6.45, 7) is 0. The number of nitrogen functional groups attached to an aromatic ring is 1. The minimum atomic E-state index is -0.430. The van der Waals surface area contributed by atoms with Gasteiger partial charge >= 0.3 is 0 Å². The van der Waals surface area contributed by atoms with Gasteiger partial charge in [-0.15, -0.1) is 0 Å². The first-order chi connectivity index (χ1) is 7.63. The van der Waals surface area contributed by atoms with Crippen LogP contribution in [0.3, 0.4) is 0 Å². The van der Waals surface area contributed by atoms with Crippen molar-refractivity contribution in [3.63, 3.8) is 0 Å². The molecule has 0 amide bonds. The van der Waals surface area contributed by atoms with Gasteiger partial charge in [0.25, 0.3) is 0 Å². The van der Waals surface area contributed by atoms with Gasteiger partial charge in [0.15, 0.2) is 0 Å². The molecule has 0 saturated heterocycles. The van der Waals surface area contributed by atoms with E-state index in [4.69, 9.17) is 15.4 Å². The summed E-state index contributed by atoms with van der Waals surface area (Å²) in [7, 11) is 0. The second-order valence-electron chi connectivity index (χ2n) is 3.12. The normalized spacial score (nSPS) is 10.1. The van der Waals surface area contributed by atoms with Crippen molar-refractivity contribution >= 4 is 21.8 Å². The van der Waals surface area contributed by atoms with Gasteiger partial charge < -0.3 is 10.2 Å². The lowest BCUT2D eigenvalue weighted by molar-refractivity contribution is 0.587. The zero-order valence-corrected chi connectivity index (χ0v) is 9.58. The maximum Gasteiger partial charge on any atom is 0.208 e. The average molecular weight is 281 g/mol. The molecule has 1 heterocycles. The molecule has 0 saturated carbocycles. The zero-order chi connectivity index (χ0) is 11.7. The number of hydrogen-bond donors (Lipinski definition) is 1. The van der Waals surface area contributed by atoms with Crippen LogP contribution >= 0.6 is 15.9 Å². The van der Waals surface area contributed by atoms with Crippen LogP contribution in [0.1, 0.15) is 5.56 Å². The SMILES string of the molecule is N#Cc1c(-c2cc(Br)ccc2F)coc1N. The predicted octanol–water partition coefficient (Wildman–Crippen LogP) is 3.30. The summed E-state index contributed by atoms with van der Waals surface area (Å²) in [5.41, 5.74) is 6.25. The Morgan fingerprint density at radius 1 is 1.38 bits per heavy atom. The van der Waals surface area contributed by atoms with Gasteiger partial charge in [0, 0.05) is 15.6 Å². The lowest BCUT2D eigenvalue weighted by Crippen LogP contribution is -1.88. The first-order valence-corrected chi connectivity index (χ1v) is 5.15. The van der Waals surface area contributed by atoms with Gasteiger partial charge in [0.1, 0.15) is 23.7 Å². The fourth-order valence-corrected chi connectivity index (χ4v) is 1.75. The molecule has 0 radical (unpaired) electrons. The van der Waals surface area contributed by atoms with Gasteiger partial charge in [-0.05, 0) is 18.2 Å². The maximum absolute atomic E-state index is 13.6. The molecule has 0 aliphatic rings. The highest BCUT2D eigenvalue weighted by Crippen LogP contribution is 2.32. The molecule has 0 bridgehead atoms. The molecule has 0 spiro atoms. The number of benzene rings is 1. The van der Waals surface area contributed by atoms with E-state index in [1.165, 1.54) is 12.3 Å². The summed E-state index contributed by atoms with van der Waals surface area (Å²) in [5.74, 6) is -0.433. The number of furan rings is 1. The summed E-state index contributed by atoms with van der Waals surface area (Å²) in [6, 6.07) is 6.35. The van der Waals surface area contributed by atoms with E-state index in [0.717, 1.165) is 0 Å². The lowest BCUT2D eigenvalue weighted by Gasteiger charge is -2.01. The molecular weight excluding hydrogens is 275 g/mol. The number of anilines is 1. The molecule has 0 unspecified atom stereocenters. The van der Waals surface area contributed by atoms with Crippen molar-refractivity contribution in [2.45, 2.75) is 0 Å². The Labute approximate surface area is 99.4 Å². The highest BCUT2D eigenvalue weighted by Gasteiger charge is 2.16. The molecule has 16 heavy (non-hydrogen) atoms. The van der Waals surface area contributed by atoms with Crippen molar-refractivity contribution < 1.29 is 8.81 Å². The smallest absolute Gasteiger partial charge is 0.208 e. The number of halogens is 2. The minimum Gasteiger partial charge on any atom is -0.447 e. The van der Waals surface area contributed by atoms with Gasteiger partial charge in [-0.2, -0.15) is 5.26 Å². The van der Waals surface area contributed by atoms with E-state index >= 15 is 0 Å². The van der Waals surface area contributed by atoms with Crippen LogP contribution in [0.15, 0.2) is 33.4 Å². The number of hydrogen-bond acceptors (Lipinski definition) is 3. The van der Waals surface area contributed by atoms with Crippen LogP contribution < -0.4 is 5.73 Å². The third-order valence-corrected chi connectivity index (χ3v) is 2.64. The van der Waals surface area contributed by atoms with Crippen LogP contribution in [-0.4, -0.2) is 0 Å². The van der Waals surface area contributed by atoms with Crippen LogP contribution in [0.2, 0.25) is 0 Å². The second kappa shape index (κ2) is 3.99. The fraction of sp³-hybridized carbons (Fsp3) is 0. The Hall–Kier alpha value is -1.80. The number of nitrogens with two attached hydrogens (primary N) is 1. The highest BCUT2D eigenvalue weighted by molar-refractivity contribution is 9.10. The van der Waals surface area contributed by atoms with E-state index in [1.54, 1.807) is 12.1 Å². The molecule has 3 nitrogen and oxygen atoms in total. The summed E-state index contributed by atoms with van der Waals surface area (Å²) in [6.07, 6.45) is 1.28. The van der Waals surface area contributed by atoms with Gasteiger partial charge in [-0.1, -0.05) is 15.9 Å². The Kier molecular flexibility index (Phi) is 2.67. The van der Waals surface area contributed by atoms with E-state index < -0.39 is 5.82 Å². The summed E-state index contributed by atoms with van der Waals surface area (Å²) in [4.78, 5) is 0. The monoisotopic (exact) mass is 280 g/mol. The average Bonchev–Trinajstić information content (AvgIpc) is 2.63. The summed E-state index contributed by atoms with van der Waals surface area (Å²) in [5, 5.41) is 8.89.